The zero-order chi connectivity index (χ0) is 14.1. The molecule has 0 saturated heterocycles. The molecule has 1 N–H and O–H groups in total. The second kappa shape index (κ2) is 4.76. The standard InChI is InChI=1S/C13H11FN4O2/c1-8-3-2-4-10-16-11(12(14)18(8)10)13(19)15-7-9-5-6-20-17-9/h2-6H,7H2,1H3,(H,15,19). The molecule has 20 heavy (non-hydrogen) atoms. The van der Waals surface area contributed by atoms with Crippen molar-refractivity contribution in [2.75, 3.05) is 0 Å². The fourth-order valence-electron chi connectivity index (χ4n) is 1.94. The fraction of sp³-hybridized carbons (Fsp3) is 0.154. The minimum atomic E-state index is -0.671. The normalized spacial score (nSPS) is 10.9. The number of hydrogen-bond acceptors (Lipinski definition) is 4. The zero-order valence-electron chi connectivity index (χ0n) is 10.6. The van der Waals surface area contributed by atoms with Crippen LogP contribution < -0.4 is 5.32 Å². The van der Waals surface area contributed by atoms with Crippen molar-refractivity contribution in [3.63, 3.8) is 0 Å². The largest absolute Gasteiger partial charge is 0.364 e. The van der Waals surface area contributed by atoms with Crippen LogP contribution in [0.3, 0.4) is 0 Å². The predicted molar refractivity (Wildman–Crippen MR) is 67.6 cm³/mol. The molecule has 0 spiro atoms. The number of hydrogen-bond donors (Lipinski definition) is 1. The Morgan fingerprint density at radius 3 is 3.00 bits per heavy atom. The van der Waals surface area contributed by atoms with Gasteiger partial charge in [0.2, 0.25) is 5.95 Å². The minimum absolute atomic E-state index is 0.154. The Morgan fingerprint density at radius 2 is 2.30 bits per heavy atom. The highest BCUT2D eigenvalue weighted by atomic mass is 19.1. The molecule has 0 fully saturated rings. The number of halogens is 1. The van der Waals surface area contributed by atoms with Crippen LogP contribution >= 0.6 is 0 Å². The number of aromatic nitrogens is 3. The molecular weight excluding hydrogens is 263 g/mol. The number of rotatable bonds is 3. The summed E-state index contributed by atoms with van der Waals surface area (Å²) in [6, 6.07) is 6.76. The number of imidazole rings is 1. The lowest BCUT2D eigenvalue weighted by molar-refractivity contribution is 0.0941. The van der Waals surface area contributed by atoms with Gasteiger partial charge < -0.3 is 9.84 Å². The van der Waals surface area contributed by atoms with Crippen molar-refractivity contribution in [1.29, 1.82) is 0 Å². The maximum Gasteiger partial charge on any atom is 0.275 e. The van der Waals surface area contributed by atoms with Crippen LogP contribution in [0, 0.1) is 12.9 Å². The van der Waals surface area contributed by atoms with Crippen molar-refractivity contribution in [3.8, 4) is 0 Å². The van der Waals surface area contributed by atoms with E-state index in [9.17, 15) is 9.18 Å². The van der Waals surface area contributed by atoms with E-state index in [1.54, 1.807) is 31.2 Å². The summed E-state index contributed by atoms with van der Waals surface area (Å²) in [7, 11) is 0. The second-order valence-electron chi connectivity index (χ2n) is 4.29. The summed E-state index contributed by atoms with van der Waals surface area (Å²) in [5, 5.41) is 6.20. The smallest absolute Gasteiger partial charge is 0.275 e. The molecule has 3 rings (SSSR count). The molecule has 102 valence electrons. The van der Waals surface area contributed by atoms with E-state index in [0.29, 0.717) is 17.0 Å². The molecule has 0 unspecified atom stereocenters. The highest BCUT2D eigenvalue weighted by molar-refractivity contribution is 5.93. The van der Waals surface area contributed by atoms with Crippen molar-refractivity contribution in [2.24, 2.45) is 0 Å². The second-order valence-corrected chi connectivity index (χ2v) is 4.29. The van der Waals surface area contributed by atoms with E-state index in [1.807, 2.05) is 0 Å². The van der Waals surface area contributed by atoms with Crippen molar-refractivity contribution < 1.29 is 13.7 Å². The van der Waals surface area contributed by atoms with Gasteiger partial charge in [0.05, 0.1) is 6.54 Å². The Balaban J connectivity index is 1.88. The number of aryl methyl sites for hydroxylation is 1. The molecule has 3 aromatic heterocycles. The predicted octanol–water partition coefficient (Wildman–Crippen LogP) is 1.70. The summed E-state index contributed by atoms with van der Waals surface area (Å²) in [5.74, 6) is -1.26. The number of nitrogens with one attached hydrogen (secondary N) is 1. The number of pyridine rings is 1. The summed E-state index contributed by atoms with van der Waals surface area (Å²) < 4.78 is 20.2. The maximum atomic E-state index is 14.2. The van der Waals surface area contributed by atoms with E-state index in [-0.39, 0.29) is 12.2 Å². The van der Waals surface area contributed by atoms with Gasteiger partial charge in [-0.25, -0.2) is 4.98 Å². The molecule has 0 bridgehead atoms. The Kier molecular flexibility index (Phi) is 2.94. The van der Waals surface area contributed by atoms with Crippen LogP contribution in [0.1, 0.15) is 21.9 Å². The third-order valence-corrected chi connectivity index (χ3v) is 2.92. The molecule has 0 atom stereocenters. The van der Waals surface area contributed by atoms with Crippen LogP contribution in [0.5, 0.6) is 0 Å². The summed E-state index contributed by atoms with van der Waals surface area (Å²) >= 11 is 0. The van der Waals surface area contributed by atoms with Gasteiger partial charge in [0.1, 0.15) is 17.6 Å². The van der Waals surface area contributed by atoms with Gasteiger partial charge in [-0.15, -0.1) is 0 Å². The van der Waals surface area contributed by atoms with Crippen LogP contribution in [-0.4, -0.2) is 20.4 Å². The van der Waals surface area contributed by atoms with Gasteiger partial charge >= 0.3 is 0 Å². The molecule has 0 aliphatic heterocycles. The third kappa shape index (κ3) is 2.03. The molecule has 0 radical (unpaired) electrons. The van der Waals surface area contributed by atoms with E-state index >= 15 is 0 Å². The lowest BCUT2D eigenvalue weighted by atomic mass is 10.3. The Bertz CT molecular complexity index is 764. The Labute approximate surface area is 113 Å². The maximum absolute atomic E-state index is 14.2. The number of fused-ring (bicyclic) bond motifs is 1. The number of amides is 1. The van der Waals surface area contributed by atoms with Crippen LogP contribution in [0.2, 0.25) is 0 Å². The molecule has 7 heteroatoms. The average molecular weight is 274 g/mol. The van der Waals surface area contributed by atoms with E-state index in [1.165, 1.54) is 10.7 Å². The van der Waals surface area contributed by atoms with E-state index in [2.05, 4.69) is 20.0 Å². The Morgan fingerprint density at radius 1 is 1.45 bits per heavy atom. The first kappa shape index (κ1) is 12.3. The fourth-order valence-corrected chi connectivity index (χ4v) is 1.94. The highest BCUT2D eigenvalue weighted by Crippen LogP contribution is 2.13. The van der Waals surface area contributed by atoms with Crippen LogP contribution in [-0.2, 0) is 6.54 Å². The molecule has 0 aromatic carbocycles. The van der Waals surface area contributed by atoms with E-state index in [0.717, 1.165) is 0 Å². The van der Waals surface area contributed by atoms with Gasteiger partial charge in [-0.05, 0) is 19.1 Å². The van der Waals surface area contributed by atoms with Gasteiger partial charge in [-0.3, -0.25) is 9.20 Å². The first-order chi connectivity index (χ1) is 9.66. The van der Waals surface area contributed by atoms with Gasteiger partial charge in [0.25, 0.3) is 5.91 Å². The monoisotopic (exact) mass is 274 g/mol. The van der Waals surface area contributed by atoms with Gasteiger partial charge in [-0.2, -0.15) is 4.39 Å². The van der Waals surface area contributed by atoms with Crippen molar-refractivity contribution in [3.05, 3.63) is 53.6 Å². The lowest BCUT2D eigenvalue weighted by Gasteiger charge is -2.00. The Hall–Kier alpha value is -2.70. The molecule has 6 nitrogen and oxygen atoms in total. The van der Waals surface area contributed by atoms with Gasteiger partial charge in [-0.1, -0.05) is 11.2 Å². The van der Waals surface area contributed by atoms with E-state index in [4.69, 9.17) is 0 Å². The molecule has 0 saturated carbocycles. The highest BCUT2D eigenvalue weighted by Gasteiger charge is 2.19. The summed E-state index contributed by atoms with van der Waals surface area (Å²) in [6.07, 6.45) is 1.40. The summed E-state index contributed by atoms with van der Waals surface area (Å²) in [6.45, 7) is 1.90. The van der Waals surface area contributed by atoms with Crippen LogP contribution in [0.15, 0.2) is 35.1 Å². The number of nitrogens with zero attached hydrogens (tertiary/aromatic N) is 3. The molecular formula is C13H11FN4O2. The first-order valence-corrected chi connectivity index (χ1v) is 5.98. The molecule has 0 aliphatic carbocycles. The average Bonchev–Trinajstić information content (AvgIpc) is 3.05. The summed E-state index contributed by atoms with van der Waals surface area (Å²) in [4.78, 5) is 16.0. The topological polar surface area (TPSA) is 72.4 Å². The van der Waals surface area contributed by atoms with Crippen molar-refractivity contribution in [2.45, 2.75) is 13.5 Å². The molecule has 3 aromatic rings. The number of carbonyl (C=O) groups is 1. The van der Waals surface area contributed by atoms with Gasteiger partial charge in [0, 0.05) is 11.8 Å². The van der Waals surface area contributed by atoms with Crippen molar-refractivity contribution in [1.82, 2.24) is 19.9 Å². The van der Waals surface area contributed by atoms with E-state index < -0.39 is 11.9 Å². The molecule has 3 heterocycles. The number of carbonyl (C=O) groups excluding carboxylic acids is 1. The first-order valence-electron chi connectivity index (χ1n) is 5.98. The molecule has 0 aliphatic rings. The zero-order valence-corrected chi connectivity index (χ0v) is 10.6. The third-order valence-electron chi connectivity index (χ3n) is 2.92. The van der Waals surface area contributed by atoms with Crippen LogP contribution in [0.4, 0.5) is 4.39 Å². The van der Waals surface area contributed by atoms with Crippen LogP contribution in [0.25, 0.3) is 5.65 Å². The van der Waals surface area contributed by atoms with Gasteiger partial charge in [0.15, 0.2) is 5.69 Å². The van der Waals surface area contributed by atoms with Crippen molar-refractivity contribution >= 4 is 11.6 Å². The molecule has 1 amide bonds. The minimum Gasteiger partial charge on any atom is -0.364 e. The summed E-state index contributed by atoms with van der Waals surface area (Å²) in [5.41, 5.74) is 1.39. The lowest BCUT2D eigenvalue weighted by Crippen LogP contribution is -2.24. The quantitative estimate of drug-likeness (QED) is 0.789. The SMILES string of the molecule is Cc1cccc2nc(C(=O)NCc3ccon3)c(F)n12.